The normalized spacial score (nSPS) is 21.3. The molecule has 0 bridgehead atoms. The highest BCUT2D eigenvalue weighted by Crippen LogP contribution is 2.33. The molecule has 0 aromatic heterocycles. The molecule has 114 valence electrons. The molecule has 3 nitrogen and oxygen atoms in total. The third-order valence-corrected chi connectivity index (χ3v) is 4.22. The standard InChI is InChI=1S/C18H18FNO2/c1-22-16-8-4-12(5-9-16)14-10-17(18(21)20-11-14)13-2-6-15(19)7-3-13/h2-9,14,17H,10-11H2,1H3,(H,20,21). The van der Waals surface area contributed by atoms with Gasteiger partial charge in [-0.25, -0.2) is 4.39 Å². The minimum Gasteiger partial charge on any atom is -0.497 e. The van der Waals surface area contributed by atoms with Crippen LogP contribution in [0.5, 0.6) is 5.75 Å². The smallest absolute Gasteiger partial charge is 0.227 e. The molecule has 22 heavy (non-hydrogen) atoms. The lowest BCUT2D eigenvalue weighted by molar-refractivity contribution is -0.124. The monoisotopic (exact) mass is 299 g/mol. The van der Waals surface area contributed by atoms with E-state index < -0.39 is 0 Å². The second-order valence-electron chi connectivity index (χ2n) is 5.56. The van der Waals surface area contributed by atoms with E-state index in [-0.39, 0.29) is 23.6 Å². The minimum absolute atomic E-state index is 0.0105. The van der Waals surface area contributed by atoms with E-state index >= 15 is 0 Å². The zero-order chi connectivity index (χ0) is 15.5. The Morgan fingerprint density at radius 1 is 1.05 bits per heavy atom. The largest absolute Gasteiger partial charge is 0.497 e. The third-order valence-electron chi connectivity index (χ3n) is 4.22. The predicted octanol–water partition coefficient (Wildman–Crippen LogP) is 3.22. The molecular formula is C18H18FNO2. The fraction of sp³-hybridized carbons (Fsp3) is 0.278. The molecule has 3 rings (SSSR count). The number of hydrogen-bond acceptors (Lipinski definition) is 2. The molecule has 1 aliphatic heterocycles. The van der Waals surface area contributed by atoms with Gasteiger partial charge in [0.05, 0.1) is 13.0 Å². The van der Waals surface area contributed by atoms with Crippen molar-refractivity contribution >= 4 is 5.91 Å². The maximum absolute atomic E-state index is 13.1. The fourth-order valence-electron chi connectivity index (χ4n) is 2.93. The number of rotatable bonds is 3. The van der Waals surface area contributed by atoms with Crippen LogP contribution < -0.4 is 10.1 Å². The first kappa shape index (κ1) is 14.6. The predicted molar refractivity (Wildman–Crippen MR) is 82.5 cm³/mol. The van der Waals surface area contributed by atoms with Gasteiger partial charge in [-0.3, -0.25) is 4.79 Å². The Labute approximate surface area is 129 Å². The number of halogens is 1. The van der Waals surface area contributed by atoms with Crippen LogP contribution in [-0.4, -0.2) is 19.6 Å². The van der Waals surface area contributed by atoms with Crippen LogP contribution in [0.4, 0.5) is 4.39 Å². The van der Waals surface area contributed by atoms with Crippen molar-refractivity contribution in [1.29, 1.82) is 0 Å². The average molecular weight is 299 g/mol. The van der Waals surface area contributed by atoms with Crippen LogP contribution in [0.25, 0.3) is 0 Å². The maximum atomic E-state index is 13.1. The highest BCUT2D eigenvalue weighted by atomic mass is 19.1. The Kier molecular flexibility index (Phi) is 4.09. The fourth-order valence-corrected chi connectivity index (χ4v) is 2.93. The van der Waals surface area contributed by atoms with Gasteiger partial charge in [0.2, 0.25) is 5.91 Å². The number of ether oxygens (including phenoxy) is 1. The molecule has 1 N–H and O–H groups in total. The molecule has 2 unspecified atom stereocenters. The SMILES string of the molecule is COc1ccc(C2CNC(=O)C(c3ccc(F)cc3)C2)cc1. The van der Waals surface area contributed by atoms with Gasteiger partial charge in [-0.1, -0.05) is 24.3 Å². The van der Waals surface area contributed by atoms with Crippen molar-refractivity contribution in [1.82, 2.24) is 5.32 Å². The third kappa shape index (κ3) is 2.96. The van der Waals surface area contributed by atoms with E-state index in [4.69, 9.17) is 4.74 Å². The Balaban J connectivity index is 1.80. The molecule has 1 aliphatic rings. The van der Waals surface area contributed by atoms with Crippen molar-refractivity contribution in [3.8, 4) is 5.75 Å². The first-order valence-electron chi connectivity index (χ1n) is 7.34. The zero-order valence-electron chi connectivity index (χ0n) is 12.4. The van der Waals surface area contributed by atoms with Crippen LogP contribution >= 0.6 is 0 Å². The second kappa shape index (κ2) is 6.18. The van der Waals surface area contributed by atoms with Crippen molar-refractivity contribution in [2.45, 2.75) is 18.3 Å². The van der Waals surface area contributed by atoms with E-state index in [1.165, 1.54) is 17.7 Å². The highest BCUT2D eigenvalue weighted by molar-refractivity contribution is 5.84. The summed E-state index contributed by atoms with van der Waals surface area (Å²) >= 11 is 0. The molecule has 4 heteroatoms. The Hall–Kier alpha value is -2.36. The van der Waals surface area contributed by atoms with Crippen molar-refractivity contribution in [3.05, 3.63) is 65.5 Å². The van der Waals surface area contributed by atoms with Crippen molar-refractivity contribution in [2.75, 3.05) is 13.7 Å². The Morgan fingerprint density at radius 2 is 1.68 bits per heavy atom. The molecule has 0 saturated carbocycles. The van der Waals surface area contributed by atoms with Gasteiger partial charge in [-0.2, -0.15) is 0 Å². The summed E-state index contributed by atoms with van der Waals surface area (Å²) in [6.07, 6.45) is 0.726. The summed E-state index contributed by atoms with van der Waals surface area (Å²) in [5.41, 5.74) is 2.03. The summed E-state index contributed by atoms with van der Waals surface area (Å²) in [6.45, 7) is 0.628. The Morgan fingerprint density at radius 3 is 2.32 bits per heavy atom. The van der Waals surface area contributed by atoms with Crippen molar-refractivity contribution in [3.63, 3.8) is 0 Å². The van der Waals surface area contributed by atoms with Crippen LogP contribution in [0.2, 0.25) is 0 Å². The first-order valence-corrected chi connectivity index (χ1v) is 7.34. The zero-order valence-corrected chi connectivity index (χ0v) is 12.4. The van der Waals surface area contributed by atoms with E-state index in [1.54, 1.807) is 19.2 Å². The van der Waals surface area contributed by atoms with E-state index in [2.05, 4.69) is 5.32 Å². The van der Waals surface area contributed by atoms with Crippen LogP contribution in [0.3, 0.4) is 0 Å². The number of hydrogen-bond donors (Lipinski definition) is 1. The number of methoxy groups -OCH3 is 1. The van der Waals surface area contributed by atoms with E-state index in [1.807, 2.05) is 24.3 Å². The van der Waals surface area contributed by atoms with Gasteiger partial charge in [0.25, 0.3) is 0 Å². The summed E-state index contributed by atoms with van der Waals surface area (Å²) in [6, 6.07) is 14.1. The van der Waals surface area contributed by atoms with E-state index in [0.29, 0.717) is 6.54 Å². The van der Waals surface area contributed by atoms with Crippen LogP contribution in [0.1, 0.15) is 29.4 Å². The number of benzene rings is 2. The lowest BCUT2D eigenvalue weighted by atomic mass is 9.81. The van der Waals surface area contributed by atoms with Gasteiger partial charge in [0.1, 0.15) is 11.6 Å². The van der Waals surface area contributed by atoms with Gasteiger partial charge in [-0.05, 0) is 41.8 Å². The summed E-state index contributed by atoms with van der Waals surface area (Å²) in [5.74, 6) is 0.557. The van der Waals surface area contributed by atoms with E-state index in [0.717, 1.165) is 17.7 Å². The molecule has 1 fully saturated rings. The molecule has 1 saturated heterocycles. The second-order valence-corrected chi connectivity index (χ2v) is 5.56. The number of carbonyl (C=O) groups excluding carboxylic acids is 1. The number of piperidine rings is 1. The highest BCUT2D eigenvalue weighted by Gasteiger charge is 2.30. The lowest BCUT2D eigenvalue weighted by Crippen LogP contribution is -2.39. The average Bonchev–Trinajstić information content (AvgIpc) is 2.56. The van der Waals surface area contributed by atoms with Crippen LogP contribution in [0, 0.1) is 5.82 Å². The van der Waals surface area contributed by atoms with Crippen molar-refractivity contribution < 1.29 is 13.9 Å². The van der Waals surface area contributed by atoms with Crippen molar-refractivity contribution in [2.24, 2.45) is 0 Å². The minimum atomic E-state index is -0.285. The molecule has 0 radical (unpaired) electrons. The van der Waals surface area contributed by atoms with Gasteiger partial charge in [-0.15, -0.1) is 0 Å². The molecule has 2 aromatic carbocycles. The Bertz CT molecular complexity index is 652. The van der Waals surface area contributed by atoms with Gasteiger partial charge in [0, 0.05) is 12.5 Å². The lowest BCUT2D eigenvalue weighted by Gasteiger charge is -2.30. The first-order chi connectivity index (χ1) is 10.7. The van der Waals surface area contributed by atoms with Gasteiger partial charge < -0.3 is 10.1 Å². The summed E-state index contributed by atoms with van der Waals surface area (Å²) < 4.78 is 18.2. The quantitative estimate of drug-likeness (QED) is 0.945. The number of nitrogens with one attached hydrogen (secondary N) is 1. The molecule has 1 amide bonds. The number of carbonyl (C=O) groups is 1. The summed E-state index contributed by atoms with van der Waals surface area (Å²) in [4.78, 5) is 12.1. The molecular weight excluding hydrogens is 281 g/mol. The summed E-state index contributed by atoms with van der Waals surface area (Å²) in [7, 11) is 1.64. The van der Waals surface area contributed by atoms with Crippen LogP contribution in [-0.2, 0) is 4.79 Å². The molecule has 1 heterocycles. The van der Waals surface area contributed by atoms with Gasteiger partial charge >= 0.3 is 0 Å². The van der Waals surface area contributed by atoms with Crippen LogP contribution in [0.15, 0.2) is 48.5 Å². The number of amides is 1. The molecule has 0 aliphatic carbocycles. The molecule has 2 atom stereocenters. The molecule has 2 aromatic rings. The molecule has 0 spiro atoms. The topological polar surface area (TPSA) is 38.3 Å². The van der Waals surface area contributed by atoms with E-state index in [9.17, 15) is 9.18 Å². The summed E-state index contributed by atoms with van der Waals surface area (Å²) in [5, 5.41) is 2.96. The maximum Gasteiger partial charge on any atom is 0.227 e. The van der Waals surface area contributed by atoms with Gasteiger partial charge in [0.15, 0.2) is 0 Å².